The second kappa shape index (κ2) is 5.84. The molecule has 2 heterocycles. The van der Waals surface area contributed by atoms with E-state index in [9.17, 15) is 0 Å². The molecule has 0 aromatic heterocycles. The Balaban J connectivity index is 1.86. The maximum Gasteiger partial charge on any atom is 0.111 e. The summed E-state index contributed by atoms with van der Waals surface area (Å²) in [7, 11) is 2.11. The molecule has 0 bridgehead atoms. The van der Waals surface area contributed by atoms with E-state index in [1.807, 2.05) is 0 Å². The van der Waals surface area contributed by atoms with Gasteiger partial charge in [-0.15, -0.1) is 0 Å². The van der Waals surface area contributed by atoms with Crippen LogP contribution in [0, 0.1) is 0 Å². The Kier molecular flexibility index (Phi) is 4.13. The summed E-state index contributed by atoms with van der Waals surface area (Å²) in [5, 5.41) is 3.60. The molecule has 0 spiro atoms. The zero-order valence-corrected chi connectivity index (χ0v) is 12.3. The zero-order chi connectivity index (χ0) is 13.1. The van der Waals surface area contributed by atoms with Gasteiger partial charge in [-0.2, -0.15) is 0 Å². The van der Waals surface area contributed by atoms with E-state index in [0.29, 0.717) is 11.6 Å². The van der Waals surface area contributed by atoms with Crippen molar-refractivity contribution in [3.63, 3.8) is 0 Å². The lowest BCUT2D eigenvalue weighted by Gasteiger charge is -2.46. The Bertz CT molecular complexity index is 328. The van der Waals surface area contributed by atoms with E-state index < -0.39 is 0 Å². The van der Waals surface area contributed by atoms with E-state index in [0.717, 1.165) is 6.61 Å². The van der Waals surface area contributed by atoms with Gasteiger partial charge in [0.25, 0.3) is 0 Å². The van der Waals surface area contributed by atoms with Crippen molar-refractivity contribution >= 4 is 0 Å². The highest BCUT2D eigenvalue weighted by Gasteiger charge is 2.48. The number of allylic oxidation sites excluding steroid dienone is 1. The number of likely N-dealkylation sites (N-methyl/N-ethyl adjacent to an activating group) is 1. The van der Waals surface area contributed by atoms with E-state index in [1.165, 1.54) is 70.2 Å². The number of likely N-dealkylation sites (tertiary alicyclic amines) is 1. The van der Waals surface area contributed by atoms with Crippen LogP contribution in [0.5, 0.6) is 0 Å². The molecule has 1 saturated carbocycles. The Morgan fingerprint density at radius 2 is 1.89 bits per heavy atom. The molecule has 1 saturated heterocycles. The Labute approximate surface area is 117 Å². The first-order valence-corrected chi connectivity index (χ1v) is 8.12. The SMILES string of the molecule is CNC(C1=CCCCO1)C1(N2CCCC2)CCCC1. The Hall–Kier alpha value is -0.540. The molecule has 3 heteroatoms. The van der Waals surface area contributed by atoms with Gasteiger partial charge in [0.1, 0.15) is 5.76 Å². The fourth-order valence-electron chi connectivity index (χ4n) is 4.39. The molecular formula is C16H28N2O. The van der Waals surface area contributed by atoms with Gasteiger partial charge in [0.15, 0.2) is 0 Å². The Morgan fingerprint density at radius 3 is 2.47 bits per heavy atom. The summed E-state index contributed by atoms with van der Waals surface area (Å²) in [4.78, 5) is 2.76. The standard InChI is InChI=1S/C16H28N2O/c1-17-15(14-8-2-7-13-19-14)16(9-3-4-10-16)18-11-5-6-12-18/h8,15,17H,2-7,9-13H2,1H3. The van der Waals surface area contributed by atoms with Gasteiger partial charge >= 0.3 is 0 Å². The number of nitrogens with zero attached hydrogens (tertiary/aromatic N) is 1. The van der Waals surface area contributed by atoms with Crippen molar-refractivity contribution in [3.05, 3.63) is 11.8 Å². The van der Waals surface area contributed by atoms with Crippen molar-refractivity contribution in [3.8, 4) is 0 Å². The number of rotatable bonds is 4. The lowest BCUT2D eigenvalue weighted by Crippen LogP contribution is -2.59. The highest BCUT2D eigenvalue weighted by Crippen LogP contribution is 2.42. The van der Waals surface area contributed by atoms with E-state index in [4.69, 9.17) is 4.74 Å². The van der Waals surface area contributed by atoms with E-state index in [2.05, 4.69) is 23.3 Å². The first-order valence-electron chi connectivity index (χ1n) is 8.12. The first-order chi connectivity index (χ1) is 9.37. The summed E-state index contributed by atoms with van der Waals surface area (Å²) in [6.45, 7) is 3.47. The van der Waals surface area contributed by atoms with Crippen molar-refractivity contribution < 1.29 is 4.74 Å². The van der Waals surface area contributed by atoms with E-state index >= 15 is 0 Å². The van der Waals surface area contributed by atoms with Gasteiger partial charge in [0.2, 0.25) is 0 Å². The summed E-state index contributed by atoms with van der Waals surface area (Å²) >= 11 is 0. The summed E-state index contributed by atoms with van der Waals surface area (Å²) < 4.78 is 6.00. The predicted octanol–water partition coefficient (Wildman–Crippen LogP) is 2.68. The molecule has 1 aliphatic carbocycles. The minimum atomic E-state index is 0.328. The average molecular weight is 264 g/mol. The van der Waals surface area contributed by atoms with Gasteiger partial charge in [0, 0.05) is 5.54 Å². The molecule has 108 valence electrons. The molecule has 1 unspecified atom stereocenters. The first kappa shape index (κ1) is 13.4. The third kappa shape index (κ3) is 2.43. The maximum atomic E-state index is 6.00. The quantitative estimate of drug-likeness (QED) is 0.845. The van der Waals surface area contributed by atoms with Gasteiger partial charge in [-0.3, -0.25) is 4.90 Å². The maximum absolute atomic E-state index is 6.00. The smallest absolute Gasteiger partial charge is 0.111 e. The monoisotopic (exact) mass is 264 g/mol. The third-order valence-electron chi connectivity index (χ3n) is 5.28. The van der Waals surface area contributed by atoms with Crippen LogP contribution < -0.4 is 5.32 Å². The summed E-state index contributed by atoms with van der Waals surface area (Å²) in [6, 6.07) is 0.397. The van der Waals surface area contributed by atoms with Crippen molar-refractivity contribution in [1.29, 1.82) is 0 Å². The highest BCUT2D eigenvalue weighted by atomic mass is 16.5. The summed E-state index contributed by atoms with van der Waals surface area (Å²) in [6.07, 6.45) is 12.9. The van der Waals surface area contributed by atoms with Gasteiger partial charge in [0.05, 0.1) is 12.6 Å². The molecular weight excluding hydrogens is 236 g/mol. The molecule has 1 atom stereocenters. The topological polar surface area (TPSA) is 24.5 Å². The molecule has 3 nitrogen and oxygen atoms in total. The third-order valence-corrected chi connectivity index (χ3v) is 5.28. The van der Waals surface area contributed by atoms with Crippen LogP contribution >= 0.6 is 0 Å². The van der Waals surface area contributed by atoms with Crippen LogP contribution in [0.2, 0.25) is 0 Å². The average Bonchev–Trinajstić information content (AvgIpc) is 3.12. The van der Waals surface area contributed by atoms with Crippen LogP contribution in [0.1, 0.15) is 51.4 Å². The second-order valence-corrected chi connectivity index (χ2v) is 6.32. The highest BCUT2D eigenvalue weighted by molar-refractivity contribution is 5.18. The van der Waals surface area contributed by atoms with Gasteiger partial charge in [-0.1, -0.05) is 12.8 Å². The number of hydrogen-bond donors (Lipinski definition) is 1. The molecule has 19 heavy (non-hydrogen) atoms. The van der Waals surface area contributed by atoms with Crippen LogP contribution in [0.15, 0.2) is 11.8 Å². The van der Waals surface area contributed by atoms with Crippen molar-refractivity contribution in [1.82, 2.24) is 10.2 Å². The minimum absolute atomic E-state index is 0.328. The van der Waals surface area contributed by atoms with Crippen molar-refractivity contribution in [2.24, 2.45) is 0 Å². The minimum Gasteiger partial charge on any atom is -0.497 e. The van der Waals surface area contributed by atoms with E-state index in [1.54, 1.807) is 0 Å². The fourth-order valence-corrected chi connectivity index (χ4v) is 4.39. The summed E-state index contributed by atoms with van der Waals surface area (Å²) in [5.41, 5.74) is 0.328. The molecule has 0 aromatic carbocycles. The molecule has 0 radical (unpaired) electrons. The van der Waals surface area contributed by atoms with E-state index in [-0.39, 0.29) is 0 Å². The molecule has 1 N–H and O–H groups in total. The summed E-state index contributed by atoms with van der Waals surface area (Å²) in [5.74, 6) is 1.22. The number of ether oxygens (including phenoxy) is 1. The predicted molar refractivity (Wildman–Crippen MR) is 78.1 cm³/mol. The fraction of sp³-hybridized carbons (Fsp3) is 0.875. The largest absolute Gasteiger partial charge is 0.497 e. The second-order valence-electron chi connectivity index (χ2n) is 6.32. The van der Waals surface area contributed by atoms with Gasteiger partial charge in [-0.25, -0.2) is 0 Å². The number of hydrogen-bond acceptors (Lipinski definition) is 3. The molecule has 0 amide bonds. The normalized spacial score (nSPS) is 29.0. The lowest BCUT2D eigenvalue weighted by molar-refractivity contribution is 0.0559. The molecule has 3 rings (SSSR count). The number of nitrogens with one attached hydrogen (secondary N) is 1. The molecule has 2 aliphatic heterocycles. The molecule has 2 fully saturated rings. The lowest BCUT2D eigenvalue weighted by atomic mass is 9.84. The Morgan fingerprint density at radius 1 is 1.16 bits per heavy atom. The van der Waals surface area contributed by atoms with Crippen molar-refractivity contribution in [2.75, 3.05) is 26.7 Å². The van der Waals surface area contributed by atoms with Crippen LogP contribution in [0.3, 0.4) is 0 Å². The van der Waals surface area contributed by atoms with Crippen LogP contribution in [0.4, 0.5) is 0 Å². The van der Waals surface area contributed by atoms with Gasteiger partial charge < -0.3 is 10.1 Å². The zero-order valence-electron chi connectivity index (χ0n) is 12.3. The van der Waals surface area contributed by atoms with Crippen LogP contribution in [0.25, 0.3) is 0 Å². The molecule has 3 aliphatic rings. The van der Waals surface area contributed by atoms with Crippen LogP contribution in [-0.2, 0) is 4.74 Å². The van der Waals surface area contributed by atoms with Gasteiger partial charge in [-0.05, 0) is 64.7 Å². The molecule has 0 aromatic rings. The van der Waals surface area contributed by atoms with Crippen molar-refractivity contribution in [2.45, 2.75) is 62.9 Å². The van der Waals surface area contributed by atoms with Crippen LogP contribution in [-0.4, -0.2) is 43.2 Å².